The molecule has 1 atom stereocenters. The fourth-order valence-electron chi connectivity index (χ4n) is 2.58. The number of β-amino-alcohol motifs (C(OH)–C–C–N with tert-alkyl or cyclic N) is 1. The van der Waals surface area contributed by atoms with Crippen molar-refractivity contribution in [1.82, 2.24) is 10.6 Å². The molecule has 7 heteroatoms. The molecule has 1 heterocycles. The molecule has 124 valence electrons. The van der Waals surface area contributed by atoms with E-state index in [0.29, 0.717) is 31.6 Å². The van der Waals surface area contributed by atoms with E-state index in [1.165, 1.54) is 12.1 Å². The number of nitrogens with one attached hydrogen (secondary N) is 2. The van der Waals surface area contributed by atoms with Crippen LogP contribution in [-0.4, -0.2) is 43.2 Å². The molecule has 3 N–H and O–H groups in total. The van der Waals surface area contributed by atoms with Gasteiger partial charge in [0, 0.05) is 13.1 Å². The van der Waals surface area contributed by atoms with Crippen molar-refractivity contribution in [3.05, 3.63) is 29.8 Å². The molecule has 1 saturated heterocycles. The van der Waals surface area contributed by atoms with Gasteiger partial charge in [-0.2, -0.15) is 0 Å². The van der Waals surface area contributed by atoms with Crippen molar-refractivity contribution in [3.63, 3.8) is 0 Å². The Hall–Kier alpha value is -1.31. The number of hydrogen-bond acceptors (Lipinski definition) is 4. The zero-order valence-electron chi connectivity index (χ0n) is 12.2. The summed E-state index contributed by atoms with van der Waals surface area (Å²) in [4.78, 5) is 0. The molecule has 0 spiro atoms. The third kappa shape index (κ3) is 5.47. The zero-order valence-corrected chi connectivity index (χ0v) is 12.2. The summed E-state index contributed by atoms with van der Waals surface area (Å²) >= 11 is 0. The number of rotatable bonds is 6. The monoisotopic (exact) mass is 318 g/mol. The molecule has 0 bridgehead atoms. The molecule has 0 saturated carbocycles. The summed E-state index contributed by atoms with van der Waals surface area (Å²) in [5.74, 6) is -0.171. The van der Waals surface area contributed by atoms with E-state index in [1.54, 1.807) is 12.1 Å². The first kappa shape index (κ1) is 17.1. The third-order valence-corrected chi connectivity index (χ3v) is 3.67. The van der Waals surface area contributed by atoms with E-state index in [1.807, 2.05) is 0 Å². The van der Waals surface area contributed by atoms with E-state index in [4.69, 9.17) is 0 Å². The molecule has 1 aliphatic heterocycles. The SMILES string of the molecule is O[C@@]1(CNCCc2ccccc2OC(F)(F)F)CCCNC1. The second-order valence-corrected chi connectivity index (χ2v) is 5.59. The Morgan fingerprint density at radius 3 is 2.77 bits per heavy atom. The minimum Gasteiger partial charge on any atom is -0.406 e. The molecule has 0 aliphatic carbocycles. The first-order valence-electron chi connectivity index (χ1n) is 7.35. The van der Waals surface area contributed by atoms with Gasteiger partial charge in [-0.15, -0.1) is 13.2 Å². The molecule has 4 nitrogen and oxygen atoms in total. The maximum Gasteiger partial charge on any atom is 0.573 e. The summed E-state index contributed by atoms with van der Waals surface area (Å²) in [5, 5.41) is 16.5. The minimum absolute atomic E-state index is 0.171. The fourth-order valence-corrected chi connectivity index (χ4v) is 2.58. The van der Waals surface area contributed by atoms with Crippen molar-refractivity contribution in [1.29, 1.82) is 0 Å². The number of benzene rings is 1. The van der Waals surface area contributed by atoms with E-state index >= 15 is 0 Å². The molecule has 0 amide bonds. The Bertz CT molecular complexity index is 474. The van der Waals surface area contributed by atoms with Crippen LogP contribution in [0.3, 0.4) is 0 Å². The van der Waals surface area contributed by atoms with Gasteiger partial charge in [-0.25, -0.2) is 0 Å². The summed E-state index contributed by atoms with van der Waals surface area (Å²) < 4.78 is 41.0. The van der Waals surface area contributed by atoms with Crippen molar-refractivity contribution >= 4 is 0 Å². The van der Waals surface area contributed by atoms with Gasteiger partial charge in [0.05, 0.1) is 5.60 Å². The average Bonchev–Trinajstić information content (AvgIpc) is 2.44. The highest BCUT2D eigenvalue weighted by Gasteiger charge is 2.32. The standard InChI is InChI=1S/C15H21F3N2O2/c16-15(17,18)22-13-5-2-1-4-12(13)6-9-20-11-14(21)7-3-8-19-10-14/h1-2,4-5,19-21H,3,6-11H2/t14-/m0/s1. The summed E-state index contributed by atoms with van der Waals surface area (Å²) in [6.07, 6.45) is -2.65. The molecule has 1 fully saturated rings. The quantitative estimate of drug-likeness (QED) is 0.701. The van der Waals surface area contributed by atoms with Crippen molar-refractivity contribution in [2.45, 2.75) is 31.2 Å². The maximum atomic E-state index is 12.3. The van der Waals surface area contributed by atoms with Crippen molar-refractivity contribution < 1.29 is 23.0 Å². The Morgan fingerprint density at radius 2 is 2.09 bits per heavy atom. The van der Waals surface area contributed by atoms with Crippen LogP contribution in [-0.2, 0) is 6.42 Å². The fraction of sp³-hybridized carbons (Fsp3) is 0.600. The average molecular weight is 318 g/mol. The Morgan fingerprint density at radius 1 is 1.32 bits per heavy atom. The second kappa shape index (κ2) is 7.30. The molecule has 1 aromatic carbocycles. The van der Waals surface area contributed by atoms with E-state index in [2.05, 4.69) is 15.4 Å². The lowest BCUT2D eigenvalue weighted by atomic mass is 9.94. The molecular formula is C15H21F3N2O2. The number of alkyl halides is 3. The van der Waals surface area contributed by atoms with Gasteiger partial charge >= 0.3 is 6.36 Å². The molecule has 1 aliphatic rings. The Balaban J connectivity index is 1.81. The molecule has 1 aromatic rings. The second-order valence-electron chi connectivity index (χ2n) is 5.59. The van der Waals surface area contributed by atoms with Gasteiger partial charge in [0.25, 0.3) is 0 Å². The Kier molecular flexibility index (Phi) is 5.66. The lowest BCUT2D eigenvalue weighted by Gasteiger charge is -2.32. The highest BCUT2D eigenvalue weighted by Crippen LogP contribution is 2.26. The molecule has 0 unspecified atom stereocenters. The smallest absolute Gasteiger partial charge is 0.406 e. The van der Waals surface area contributed by atoms with E-state index in [0.717, 1.165) is 19.4 Å². The van der Waals surface area contributed by atoms with Crippen LogP contribution in [0.5, 0.6) is 5.75 Å². The molecule has 2 rings (SSSR count). The van der Waals surface area contributed by atoms with Crippen LogP contribution in [0.2, 0.25) is 0 Å². The zero-order chi connectivity index (χ0) is 16.1. The minimum atomic E-state index is -4.69. The van der Waals surface area contributed by atoms with Crippen molar-refractivity contribution in [3.8, 4) is 5.75 Å². The molecular weight excluding hydrogens is 297 g/mol. The summed E-state index contributed by atoms with van der Waals surface area (Å²) in [5.41, 5.74) is -0.290. The summed E-state index contributed by atoms with van der Waals surface area (Å²) in [6, 6.07) is 6.10. The van der Waals surface area contributed by atoms with Crippen LogP contribution in [0, 0.1) is 0 Å². The molecule has 22 heavy (non-hydrogen) atoms. The van der Waals surface area contributed by atoms with E-state index in [-0.39, 0.29) is 5.75 Å². The number of aliphatic hydroxyl groups is 1. The van der Waals surface area contributed by atoms with Gasteiger partial charge in [0.2, 0.25) is 0 Å². The number of hydrogen-bond donors (Lipinski definition) is 3. The van der Waals surface area contributed by atoms with Crippen LogP contribution >= 0.6 is 0 Å². The maximum absolute atomic E-state index is 12.3. The lowest BCUT2D eigenvalue weighted by Crippen LogP contribution is -2.52. The molecule has 0 radical (unpaired) electrons. The van der Waals surface area contributed by atoms with Gasteiger partial charge in [-0.3, -0.25) is 0 Å². The number of ether oxygens (including phenoxy) is 1. The van der Waals surface area contributed by atoms with Gasteiger partial charge in [-0.05, 0) is 44.0 Å². The van der Waals surface area contributed by atoms with Gasteiger partial charge in [0.1, 0.15) is 5.75 Å². The number of para-hydroxylation sites is 1. The van der Waals surface area contributed by atoms with Crippen molar-refractivity contribution in [2.75, 3.05) is 26.2 Å². The highest BCUT2D eigenvalue weighted by molar-refractivity contribution is 5.33. The number of halogens is 3. The topological polar surface area (TPSA) is 53.5 Å². The van der Waals surface area contributed by atoms with Gasteiger partial charge in [-0.1, -0.05) is 18.2 Å². The molecule has 0 aromatic heterocycles. The summed E-state index contributed by atoms with van der Waals surface area (Å²) in [7, 11) is 0. The highest BCUT2D eigenvalue weighted by atomic mass is 19.4. The van der Waals surface area contributed by atoms with Gasteiger partial charge in [0.15, 0.2) is 0 Å². The van der Waals surface area contributed by atoms with E-state index in [9.17, 15) is 18.3 Å². The number of piperidine rings is 1. The first-order valence-corrected chi connectivity index (χ1v) is 7.35. The van der Waals surface area contributed by atoms with E-state index < -0.39 is 12.0 Å². The third-order valence-electron chi connectivity index (χ3n) is 3.67. The Labute approximate surface area is 127 Å². The van der Waals surface area contributed by atoms with Crippen LogP contribution in [0.1, 0.15) is 18.4 Å². The van der Waals surface area contributed by atoms with Crippen LogP contribution in [0.15, 0.2) is 24.3 Å². The van der Waals surface area contributed by atoms with Crippen LogP contribution < -0.4 is 15.4 Å². The summed E-state index contributed by atoms with van der Waals surface area (Å²) in [6.45, 7) is 2.33. The predicted molar refractivity (Wildman–Crippen MR) is 76.8 cm³/mol. The normalized spacial score (nSPS) is 22.5. The lowest BCUT2D eigenvalue weighted by molar-refractivity contribution is -0.274. The predicted octanol–water partition coefficient (Wildman–Crippen LogP) is 1.83. The van der Waals surface area contributed by atoms with Crippen LogP contribution in [0.4, 0.5) is 13.2 Å². The first-order chi connectivity index (χ1) is 10.4. The van der Waals surface area contributed by atoms with Crippen molar-refractivity contribution in [2.24, 2.45) is 0 Å². The van der Waals surface area contributed by atoms with Crippen LogP contribution in [0.25, 0.3) is 0 Å². The van der Waals surface area contributed by atoms with Gasteiger partial charge < -0.3 is 20.5 Å². The largest absolute Gasteiger partial charge is 0.573 e.